The van der Waals surface area contributed by atoms with E-state index in [0.717, 1.165) is 12.1 Å². The van der Waals surface area contributed by atoms with Gasteiger partial charge >= 0.3 is 0 Å². The molecule has 1 heterocycles. The van der Waals surface area contributed by atoms with Crippen molar-refractivity contribution in [3.63, 3.8) is 0 Å². The lowest BCUT2D eigenvalue weighted by atomic mass is 10.3. The van der Waals surface area contributed by atoms with Crippen LogP contribution in [0, 0.1) is 5.82 Å². The second-order valence-electron chi connectivity index (χ2n) is 3.32. The molecule has 0 spiro atoms. The zero-order valence-electron chi connectivity index (χ0n) is 9.28. The second kappa shape index (κ2) is 5.42. The van der Waals surface area contributed by atoms with Crippen molar-refractivity contribution in [2.24, 2.45) is 0 Å². The summed E-state index contributed by atoms with van der Waals surface area (Å²) in [7, 11) is 1.49. The van der Waals surface area contributed by atoms with Gasteiger partial charge in [0, 0.05) is 12.1 Å². The van der Waals surface area contributed by atoms with Gasteiger partial charge in [-0.1, -0.05) is 29.3 Å². The van der Waals surface area contributed by atoms with Gasteiger partial charge < -0.3 is 9.47 Å². The van der Waals surface area contributed by atoms with Crippen molar-refractivity contribution in [3.8, 4) is 17.5 Å². The van der Waals surface area contributed by atoms with E-state index in [1.54, 1.807) is 18.2 Å². The summed E-state index contributed by atoms with van der Waals surface area (Å²) in [6.45, 7) is 0. The van der Waals surface area contributed by atoms with E-state index in [1.165, 1.54) is 7.11 Å². The lowest BCUT2D eigenvalue weighted by Gasteiger charge is -2.09. The first-order valence-electron chi connectivity index (χ1n) is 4.93. The van der Waals surface area contributed by atoms with Gasteiger partial charge in [-0.2, -0.15) is 4.98 Å². The molecule has 0 amide bonds. The zero-order chi connectivity index (χ0) is 13.1. The molecule has 2 rings (SSSR count). The fraction of sp³-hybridized carbons (Fsp3) is 0.0833. The Balaban J connectivity index is 2.33. The molecule has 3 nitrogen and oxygen atoms in total. The number of hydrogen-bond acceptors (Lipinski definition) is 3. The number of rotatable bonds is 3. The van der Waals surface area contributed by atoms with Crippen LogP contribution in [-0.2, 0) is 0 Å². The SMILES string of the molecule is COc1cccc(Oc2c(Cl)cc(F)cc2Cl)n1. The minimum atomic E-state index is -0.532. The summed E-state index contributed by atoms with van der Waals surface area (Å²) in [6.07, 6.45) is 0. The minimum absolute atomic E-state index is 0.0737. The largest absolute Gasteiger partial charge is 0.481 e. The number of pyridine rings is 1. The van der Waals surface area contributed by atoms with Gasteiger partial charge in [0.1, 0.15) is 5.82 Å². The Morgan fingerprint density at radius 3 is 2.33 bits per heavy atom. The number of aromatic nitrogens is 1. The Morgan fingerprint density at radius 1 is 1.11 bits per heavy atom. The normalized spacial score (nSPS) is 10.2. The van der Waals surface area contributed by atoms with Crippen molar-refractivity contribution in [1.82, 2.24) is 4.98 Å². The van der Waals surface area contributed by atoms with Crippen molar-refractivity contribution in [1.29, 1.82) is 0 Å². The van der Waals surface area contributed by atoms with Crippen LogP contribution in [0.15, 0.2) is 30.3 Å². The molecule has 0 aliphatic carbocycles. The first-order valence-corrected chi connectivity index (χ1v) is 5.69. The summed E-state index contributed by atoms with van der Waals surface area (Å²) in [6, 6.07) is 7.21. The highest BCUT2D eigenvalue weighted by Gasteiger charge is 2.11. The molecule has 2 aromatic rings. The van der Waals surface area contributed by atoms with Gasteiger partial charge in [-0.15, -0.1) is 0 Å². The van der Waals surface area contributed by atoms with Crippen molar-refractivity contribution in [2.45, 2.75) is 0 Å². The number of benzene rings is 1. The van der Waals surface area contributed by atoms with Gasteiger partial charge in [-0.25, -0.2) is 4.39 Å². The topological polar surface area (TPSA) is 31.4 Å². The third kappa shape index (κ3) is 2.83. The van der Waals surface area contributed by atoms with Gasteiger partial charge in [-0.05, 0) is 12.1 Å². The zero-order valence-corrected chi connectivity index (χ0v) is 10.8. The molecular formula is C12H8Cl2FNO2. The molecule has 0 atom stereocenters. The molecule has 0 N–H and O–H groups in total. The smallest absolute Gasteiger partial charge is 0.222 e. The van der Waals surface area contributed by atoms with E-state index in [0.29, 0.717) is 5.88 Å². The molecule has 1 aromatic heterocycles. The maximum Gasteiger partial charge on any atom is 0.222 e. The Labute approximate surface area is 113 Å². The molecule has 18 heavy (non-hydrogen) atoms. The molecule has 0 radical (unpaired) electrons. The minimum Gasteiger partial charge on any atom is -0.481 e. The van der Waals surface area contributed by atoms with E-state index in [1.807, 2.05) is 0 Å². The molecule has 0 fully saturated rings. The van der Waals surface area contributed by atoms with Crippen LogP contribution in [0.2, 0.25) is 10.0 Å². The van der Waals surface area contributed by atoms with Gasteiger partial charge in [0.2, 0.25) is 11.8 Å². The average Bonchev–Trinajstić information content (AvgIpc) is 2.34. The van der Waals surface area contributed by atoms with E-state index in [-0.39, 0.29) is 21.7 Å². The summed E-state index contributed by atoms with van der Waals surface area (Å²) >= 11 is 11.7. The number of ether oxygens (including phenoxy) is 2. The van der Waals surface area contributed by atoms with Crippen molar-refractivity contribution in [2.75, 3.05) is 7.11 Å². The number of halogens is 3. The Morgan fingerprint density at radius 2 is 1.72 bits per heavy atom. The lowest BCUT2D eigenvalue weighted by Crippen LogP contribution is -1.93. The third-order valence-electron chi connectivity index (χ3n) is 2.08. The van der Waals surface area contributed by atoms with Gasteiger partial charge in [0.15, 0.2) is 5.75 Å². The van der Waals surface area contributed by atoms with Crippen LogP contribution in [0.25, 0.3) is 0 Å². The van der Waals surface area contributed by atoms with Crippen LogP contribution < -0.4 is 9.47 Å². The summed E-state index contributed by atoms with van der Waals surface area (Å²) in [5.74, 6) is 0.267. The maximum absolute atomic E-state index is 13.0. The van der Waals surface area contributed by atoms with E-state index < -0.39 is 5.82 Å². The quantitative estimate of drug-likeness (QED) is 0.842. The monoisotopic (exact) mass is 287 g/mol. The van der Waals surface area contributed by atoms with E-state index in [4.69, 9.17) is 32.7 Å². The van der Waals surface area contributed by atoms with E-state index in [2.05, 4.69) is 4.98 Å². The molecule has 0 bridgehead atoms. The predicted octanol–water partition coefficient (Wildman–Crippen LogP) is 4.33. The molecule has 6 heteroatoms. The Kier molecular flexibility index (Phi) is 3.89. The van der Waals surface area contributed by atoms with Crippen LogP contribution in [0.5, 0.6) is 17.5 Å². The number of methoxy groups -OCH3 is 1. The molecule has 0 saturated carbocycles. The third-order valence-corrected chi connectivity index (χ3v) is 2.64. The molecule has 0 saturated heterocycles. The van der Waals surface area contributed by atoms with Crippen molar-refractivity contribution >= 4 is 23.2 Å². The predicted molar refractivity (Wildman–Crippen MR) is 67.3 cm³/mol. The molecule has 0 aliphatic rings. The van der Waals surface area contributed by atoms with Crippen LogP contribution >= 0.6 is 23.2 Å². The fourth-order valence-electron chi connectivity index (χ4n) is 1.30. The summed E-state index contributed by atoms with van der Waals surface area (Å²) < 4.78 is 23.4. The highest BCUT2D eigenvalue weighted by Crippen LogP contribution is 2.36. The Hall–Kier alpha value is -1.52. The second-order valence-corrected chi connectivity index (χ2v) is 4.13. The Bertz CT molecular complexity index is 555. The molecule has 94 valence electrons. The van der Waals surface area contributed by atoms with Crippen LogP contribution in [0.1, 0.15) is 0 Å². The van der Waals surface area contributed by atoms with Gasteiger partial charge in [-0.3, -0.25) is 0 Å². The van der Waals surface area contributed by atoms with Crippen molar-refractivity contribution < 1.29 is 13.9 Å². The summed E-state index contributed by atoms with van der Waals surface area (Å²) in [5.41, 5.74) is 0. The van der Waals surface area contributed by atoms with E-state index in [9.17, 15) is 4.39 Å². The maximum atomic E-state index is 13.0. The fourth-order valence-corrected chi connectivity index (χ4v) is 1.84. The highest BCUT2D eigenvalue weighted by molar-refractivity contribution is 6.37. The molecule has 0 unspecified atom stereocenters. The summed E-state index contributed by atoms with van der Waals surface area (Å²) in [4.78, 5) is 4.04. The average molecular weight is 288 g/mol. The molecule has 1 aromatic carbocycles. The van der Waals surface area contributed by atoms with Gasteiger partial charge in [0.25, 0.3) is 0 Å². The number of nitrogens with zero attached hydrogens (tertiary/aromatic N) is 1. The highest BCUT2D eigenvalue weighted by atomic mass is 35.5. The van der Waals surface area contributed by atoms with E-state index >= 15 is 0 Å². The lowest BCUT2D eigenvalue weighted by molar-refractivity contribution is 0.383. The molecule has 0 aliphatic heterocycles. The van der Waals surface area contributed by atoms with Crippen LogP contribution in [-0.4, -0.2) is 12.1 Å². The van der Waals surface area contributed by atoms with Gasteiger partial charge in [0.05, 0.1) is 17.2 Å². The first kappa shape index (κ1) is 12.9. The van der Waals surface area contributed by atoms with Crippen LogP contribution in [0.4, 0.5) is 4.39 Å². The van der Waals surface area contributed by atoms with Crippen molar-refractivity contribution in [3.05, 3.63) is 46.2 Å². The summed E-state index contributed by atoms with van der Waals surface area (Å²) in [5, 5.41) is 0.147. The number of hydrogen-bond donors (Lipinski definition) is 0. The molecular weight excluding hydrogens is 280 g/mol. The standard InChI is InChI=1S/C12H8Cl2FNO2/c1-17-10-3-2-4-11(16-10)18-12-8(13)5-7(15)6-9(12)14/h2-6H,1H3. The first-order chi connectivity index (χ1) is 8.60. The van der Waals surface area contributed by atoms with Crippen LogP contribution in [0.3, 0.4) is 0 Å².